The Labute approximate surface area is 121 Å². The molecule has 0 aliphatic rings. The lowest BCUT2D eigenvalue weighted by Gasteiger charge is -2.07. The van der Waals surface area contributed by atoms with Crippen molar-refractivity contribution < 1.29 is 23.7 Å². The van der Waals surface area contributed by atoms with E-state index in [4.69, 9.17) is 18.9 Å². The molecule has 2 rings (SSSR count). The minimum Gasteiger partial charge on any atom is -0.497 e. The van der Waals surface area contributed by atoms with E-state index in [1.807, 2.05) is 0 Å². The van der Waals surface area contributed by atoms with Crippen LogP contribution in [0, 0.1) is 0 Å². The van der Waals surface area contributed by atoms with Crippen molar-refractivity contribution in [1.82, 2.24) is 9.97 Å². The molecular formula is C14H14N2O5. The van der Waals surface area contributed by atoms with Crippen molar-refractivity contribution in [3.05, 3.63) is 36.2 Å². The first-order chi connectivity index (χ1) is 10.2. The van der Waals surface area contributed by atoms with Crippen LogP contribution in [0.4, 0.5) is 0 Å². The van der Waals surface area contributed by atoms with Crippen molar-refractivity contribution in [2.45, 2.75) is 0 Å². The maximum atomic E-state index is 12.0. The van der Waals surface area contributed by atoms with Crippen molar-refractivity contribution in [2.24, 2.45) is 0 Å². The van der Waals surface area contributed by atoms with Gasteiger partial charge < -0.3 is 18.9 Å². The van der Waals surface area contributed by atoms with Crippen LogP contribution < -0.4 is 18.9 Å². The van der Waals surface area contributed by atoms with Crippen LogP contribution in [0.3, 0.4) is 0 Å². The number of nitrogens with zero attached hydrogens (tertiary/aromatic N) is 2. The van der Waals surface area contributed by atoms with Gasteiger partial charge in [0.25, 0.3) is 0 Å². The van der Waals surface area contributed by atoms with E-state index >= 15 is 0 Å². The summed E-state index contributed by atoms with van der Waals surface area (Å²) in [6, 6.07) is 8.03. The van der Waals surface area contributed by atoms with Crippen LogP contribution in [-0.2, 0) is 0 Å². The quantitative estimate of drug-likeness (QED) is 0.612. The number of esters is 1. The van der Waals surface area contributed by atoms with E-state index in [1.54, 1.807) is 31.4 Å². The van der Waals surface area contributed by atoms with Crippen molar-refractivity contribution >= 4 is 5.97 Å². The Kier molecular flexibility index (Phi) is 4.55. The normalized spacial score (nSPS) is 9.86. The van der Waals surface area contributed by atoms with Gasteiger partial charge in [-0.25, -0.2) is 4.79 Å². The smallest absolute Gasteiger partial charge is 0.382 e. The van der Waals surface area contributed by atoms with Crippen LogP contribution >= 0.6 is 0 Å². The topological polar surface area (TPSA) is 79.8 Å². The summed E-state index contributed by atoms with van der Waals surface area (Å²) in [5.74, 6) is 0.576. The summed E-state index contributed by atoms with van der Waals surface area (Å²) in [4.78, 5) is 19.8. The van der Waals surface area contributed by atoms with Crippen LogP contribution in [-0.4, -0.2) is 37.3 Å². The monoisotopic (exact) mass is 290 g/mol. The summed E-state index contributed by atoms with van der Waals surface area (Å²) < 4.78 is 20.1. The van der Waals surface area contributed by atoms with E-state index < -0.39 is 5.97 Å². The molecule has 110 valence electrons. The third-order valence-corrected chi connectivity index (χ3v) is 2.55. The van der Waals surface area contributed by atoms with Gasteiger partial charge in [-0.2, -0.15) is 9.97 Å². The fourth-order valence-corrected chi connectivity index (χ4v) is 1.50. The van der Waals surface area contributed by atoms with Crippen LogP contribution in [0.2, 0.25) is 0 Å². The summed E-state index contributed by atoms with van der Waals surface area (Å²) in [6.07, 6.45) is 0. The Morgan fingerprint density at radius 1 is 0.857 bits per heavy atom. The molecule has 0 fully saturated rings. The zero-order chi connectivity index (χ0) is 15.2. The Hall–Kier alpha value is -2.83. The van der Waals surface area contributed by atoms with Crippen molar-refractivity contribution in [3.63, 3.8) is 0 Å². The highest BCUT2D eigenvalue weighted by Gasteiger charge is 2.16. The average molecular weight is 290 g/mol. The molecule has 1 heterocycles. The molecule has 0 aliphatic carbocycles. The Morgan fingerprint density at radius 2 is 1.38 bits per heavy atom. The van der Waals surface area contributed by atoms with Crippen LogP contribution in [0.25, 0.3) is 0 Å². The Bertz CT molecular complexity index is 606. The third kappa shape index (κ3) is 3.59. The van der Waals surface area contributed by atoms with Gasteiger partial charge >= 0.3 is 5.97 Å². The van der Waals surface area contributed by atoms with E-state index in [-0.39, 0.29) is 17.6 Å². The molecule has 2 aromatic rings. The molecule has 7 heteroatoms. The van der Waals surface area contributed by atoms with Gasteiger partial charge in [-0.1, -0.05) is 0 Å². The van der Waals surface area contributed by atoms with Crippen LogP contribution in [0.1, 0.15) is 10.6 Å². The molecule has 0 aliphatic heterocycles. The number of carbonyl (C=O) groups is 1. The van der Waals surface area contributed by atoms with Crippen LogP contribution in [0.15, 0.2) is 30.3 Å². The summed E-state index contributed by atoms with van der Waals surface area (Å²) in [6.45, 7) is 0. The molecule has 0 amide bonds. The van der Waals surface area contributed by atoms with E-state index in [9.17, 15) is 4.79 Å². The van der Waals surface area contributed by atoms with E-state index in [0.717, 1.165) is 0 Å². The molecule has 0 unspecified atom stereocenters. The molecular weight excluding hydrogens is 276 g/mol. The fourth-order valence-electron chi connectivity index (χ4n) is 1.50. The molecule has 7 nitrogen and oxygen atoms in total. The second kappa shape index (κ2) is 6.56. The van der Waals surface area contributed by atoms with Gasteiger partial charge in [0.2, 0.25) is 17.6 Å². The number of carbonyl (C=O) groups excluding carboxylic acids is 1. The summed E-state index contributed by atoms with van der Waals surface area (Å²) in [5, 5.41) is 0. The molecule has 21 heavy (non-hydrogen) atoms. The first kappa shape index (κ1) is 14.6. The predicted octanol–water partition coefficient (Wildman–Crippen LogP) is 1.72. The highest BCUT2D eigenvalue weighted by molar-refractivity contribution is 5.87. The number of ether oxygens (including phenoxy) is 4. The van der Waals surface area contributed by atoms with E-state index in [0.29, 0.717) is 11.5 Å². The van der Waals surface area contributed by atoms with E-state index in [2.05, 4.69) is 9.97 Å². The van der Waals surface area contributed by atoms with Gasteiger partial charge in [0.1, 0.15) is 11.5 Å². The van der Waals surface area contributed by atoms with Crippen LogP contribution in [0.5, 0.6) is 23.3 Å². The minimum absolute atomic E-state index is 0.151. The number of benzene rings is 1. The van der Waals surface area contributed by atoms with Crippen molar-refractivity contribution in [3.8, 4) is 23.3 Å². The molecule has 1 aromatic heterocycles. The summed E-state index contributed by atoms with van der Waals surface area (Å²) in [7, 11) is 4.41. The Morgan fingerprint density at radius 3 is 1.86 bits per heavy atom. The lowest BCUT2D eigenvalue weighted by Crippen LogP contribution is -2.14. The molecule has 0 radical (unpaired) electrons. The van der Waals surface area contributed by atoms with Gasteiger partial charge in [0.15, 0.2) is 0 Å². The molecule has 0 spiro atoms. The maximum Gasteiger partial charge on any atom is 0.382 e. The molecule has 1 aromatic carbocycles. The number of methoxy groups -OCH3 is 3. The zero-order valence-corrected chi connectivity index (χ0v) is 11.8. The largest absolute Gasteiger partial charge is 0.497 e. The van der Waals surface area contributed by atoms with Crippen molar-refractivity contribution in [1.29, 1.82) is 0 Å². The number of rotatable bonds is 5. The maximum absolute atomic E-state index is 12.0. The first-order valence-electron chi connectivity index (χ1n) is 5.99. The second-order valence-corrected chi connectivity index (χ2v) is 3.84. The SMILES string of the molecule is COc1ccc(OC(=O)c2nc(OC)cc(OC)n2)cc1. The highest BCUT2D eigenvalue weighted by atomic mass is 16.5. The number of aromatic nitrogens is 2. The van der Waals surface area contributed by atoms with Gasteiger partial charge in [-0.15, -0.1) is 0 Å². The number of hydrogen-bond acceptors (Lipinski definition) is 7. The lowest BCUT2D eigenvalue weighted by molar-refractivity contribution is 0.0719. The molecule has 0 N–H and O–H groups in total. The van der Waals surface area contributed by atoms with Gasteiger partial charge in [-0.3, -0.25) is 0 Å². The minimum atomic E-state index is -0.711. The third-order valence-electron chi connectivity index (χ3n) is 2.55. The Balaban J connectivity index is 2.18. The van der Waals surface area contributed by atoms with Gasteiger partial charge in [-0.05, 0) is 24.3 Å². The second-order valence-electron chi connectivity index (χ2n) is 3.84. The summed E-state index contributed by atoms with van der Waals surface area (Å²) in [5.41, 5.74) is 0. The first-order valence-corrected chi connectivity index (χ1v) is 5.99. The molecule has 0 saturated heterocycles. The lowest BCUT2D eigenvalue weighted by atomic mass is 10.3. The highest BCUT2D eigenvalue weighted by Crippen LogP contribution is 2.19. The zero-order valence-electron chi connectivity index (χ0n) is 11.8. The molecule has 0 atom stereocenters. The standard InChI is InChI=1S/C14H14N2O5/c1-18-9-4-6-10(7-5-9)21-14(17)13-15-11(19-2)8-12(16-13)20-3/h4-8H,1-3H3. The van der Waals surface area contributed by atoms with E-state index in [1.165, 1.54) is 20.3 Å². The summed E-state index contributed by atoms with van der Waals surface area (Å²) >= 11 is 0. The predicted molar refractivity (Wildman–Crippen MR) is 73.1 cm³/mol. The van der Waals surface area contributed by atoms with Gasteiger partial charge in [0.05, 0.1) is 27.4 Å². The molecule has 0 saturated carbocycles. The van der Waals surface area contributed by atoms with Gasteiger partial charge in [0, 0.05) is 0 Å². The average Bonchev–Trinajstić information content (AvgIpc) is 2.54. The molecule has 0 bridgehead atoms. The number of hydrogen-bond donors (Lipinski definition) is 0. The van der Waals surface area contributed by atoms with Crippen molar-refractivity contribution in [2.75, 3.05) is 21.3 Å². The fraction of sp³-hybridized carbons (Fsp3) is 0.214.